The van der Waals surface area contributed by atoms with Crippen LogP contribution in [0.3, 0.4) is 0 Å². The van der Waals surface area contributed by atoms with Crippen LogP contribution in [0.25, 0.3) is 0 Å². The Morgan fingerprint density at radius 1 is 1.05 bits per heavy atom. The van der Waals surface area contributed by atoms with Crippen LogP contribution in [-0.2, 0) is 14.3 Å². The maximum Gasteiger partial charge on any atom is 0.239 e. The first-order valence-corrected chi connectivity index (χ1v) is 14.4. The SMILES string of the molecule is CC1=C2N(C)C(=O)C(C(=O)Nc3ccc(N4CCOCC4)cc3)C[C@]2(C)[C@@H]2CC[C@]3(C)CCC[C@H]3[C@@H]2C1. The van der Waals surface area contributed by atoms with Gasteiger partial charge >= 0.3 is 0 Å². The molecule has 1 unspecified atom stereocenters. The molecule has 6 atom stereocenters. The number of rotatable bonds is 3. The zero-order valence-corrected chi connectivity index (χ0v) is 23.0. The van der Waals surface area contributed by atoms with E-state index in [-0.39, 0.29) is 17.2 Å². The summed E-state index contributed by atoms with van der Waals surface area (Å²) in [6.45, 7) is 10.4. The third-order valence-electron chi connectivity index (χ3n) is 10.9. The number of morpholine rings is 1. The van der Waals surface area contributed by atoms with Crippen LogP contribution in [0, 0.1) is 34.5 Å². The molecular formula is C31H43N3O3. The van der Waals surface area contributed by atoms with E-state index < -0.39 is 5.92 Å². The van der Waals surface area contributed by atoms with Crippen LogP contribution in [0.1, 0.15) is 65.7 Å². The van der Waals surface area contributed by atoms with Gasteiger partial charge in [-0.3, -0.25) is 9.59 Å². The third kappa shape index (κ3) is 4.02. The number of carbonyl (C=O) groups excluding carboxylic acids is 2. The molecule has 2 saturated carbocycles. The molecule has 1 aromatic rings. The van der Waals surface area contributed by atoms with Crippen LogP contribution in [0.2, 0.25) is 0 Å². The van der Waals surface area contributed by atoms with Crippen molar-refractivity contribution in [3.05, 3.63) is 35.5 Å². The van der Waals surface area contributed by atoms with Gasteiger partial charge in [-0.05, 0) is 92.9 Å². The average molecular weight is 506 g/mol. The molecule has 0 radical (unpaired) electrons. The van der Waals surface area contributed by atoms with Crippen molar-refractivity contribution >= 4 is 23.2 Å². The van der Waals surface area contributed by atoms with Gasteiger partial charge in [-0.1, -0.05) is 25.8 Å². The molecule has 2 aliphatic heterocycles. The Hall–Kier alpha value is -2.34. The first-order chi connectivity index (χ1) is 17.7. The molecule has 1 N–H and O–H groups in total. The van der Waals surface area contributed by atoms with E-state index in [0.29, 0.717) is 23.7 Å². The lowest BCUT2D eigenvalue weighted by molar-refractivity contribution is -0.147. The summed E-state index contributed by atoms with van der Waals surface area (Å²) in [5, 5.41) is 3.09. The normalized spacial score (nSPS) is 37.7. The molecule has 6 rings (SSSR count). The molecular weight excluding hydrogens is 462 g/mol. The highest BCUT2D eigenvalue weighted by Crippen LogP contribution is 2.65. The highest BCUT2D eigenvalue weighted by molar-refractivity contribution is 6.07. The lowest BCUT2D eigenvalue weighted by Gasteiger charge is -2.59. The number of allylic oxidation sites excluding steroid dienone is 2. The Labute approximate surface area is 221 Å². The van der Waals surface area contributed by atoms with Gasteiger partial charge in [-0.25, -0.2) is 0 Å². The Kier molecular flexibility index (Phi) is 6.17. The molecule has 6 heteroatoms. The number of benzene rings is 1. The van der Waals surface area contributed by atoms with Crippen molar-refractivity contribution in [3.8, 4) is 0 Å². The van der Waals surface area contributed by atoms with E-state index in [9.17, 15) is 9.59 Å². The van der Waals surface area contributed by atoms with Crippen molar-refractivity contribution in [2.75, 3.05) is 43.6 Å². The second-order valence-corrected chi connectivity index (χ2v) is 13.0. The van der Waals surface area contributed by atoms with Gasteiger partial charge in [-0.15, -0.1) is 0 Å². The Balaban J connectivity index is 1.23. The molecule has 3 aliphatic carbocycles. The minimum Gasteiger partial charge on any atom is -0.378 e. The fraction of sp³-hybridized carbons (Fsp3) is 0.677. The lowest BCUT2D eigenvalue weighted by Crippen LogP contribution is -2.57. The summed E-state index contributed by atoms with van der Waals surface area (Å²) in [7, 11) is 1.90. The number of nitrogens with one attached hydrogen (secondary N) is 1. The molecule has 0 aromatic heterocycles. The van der Waals surface area contributed by atoms with Crippen LogP contribution in [0.4, 0.5) is 11.4 Å². The van der Waals surface area contributed by atoms with Gasteiger partial charge in [0.15, 0.2) is 0 Å². The van der Waals surface area contributed by atoms with E-state index in [2.05, 4.69) is 31.0 Å². The Morgan fingerprint density at radius 2 is 1.78 bits per heavy atom. The largest absolute Gasteiger partial charge is 0.378 e. The molecule has 1 aromatic carbocycles. The van der Waals surface area contributed by atoms with Crippen LogP contribution < -0.4 is 10.2 Å². The molecule has 2 amide bonds. The molecule has 5 aliphatic rings. The standard InChI is InChI=1S/C31H43N3O3/c1-20-18-23-25-6-5-12-30(25,2)13-11-26(23)31(3)19-24(29(36)33(4)27(20)31)28(35)32-21-7-9-22(10-8-21)34-14-16-37-17-15-34/h7-10,23-26H,5-6,11-19H2,1-4H3,(H,32,35)/t23-,24?,25-,26+,30-,31+/m0/s1. The molecule has 0 spiro atoms. The van der Waals surface area contributed by atoms with Crippen LogP contribution >= 0.6 is 0 Å². The van der Waals surface area contributed by atoms with Gasteiger partial charge in [0, 0.05) is 42.6 Å². The summed E-state index contributed by atoms with van der Waals surface area (Å²) in [6.07, 6.45) is 8.28. The quantitative estimate of drug-likeness (QED) is 0.555. The van der Waals surface area contributed by atoms with Crippen molar-refractivity contribution in [1.29, 1.82) is 0 Å². The minimum absolute atomic E-state index is 0.0609. The van der Waals surface area contributed by atoms with E-state index >= 15 is 0 Å². The van der Waals surface area contributed by atoms with Gasteiger partial charge in [0.2, 0.25) is 11.8 Å². The third-order valence-corrected chi connectivity index (χ3v) is 10.9. The first-order valence-electron chi connectivity index (χ1n) is 14.4. The van der Waals surface area contributed by atoms with Crippen molar-refractivity contribution in [3.63, 3.8) is 0 Å². The highest BCUT2D eigenvalue weighted by Gasteiger charge is 2.60. The van der Waals surface area contributed by atoms with Gasteiger partial charge < -0.3 is 19.9 Å². The number of ether oxygens (including phenoxy) is 1. The number of fused-ring (bicyclic) bond motifs is 5. The van der Waals surface area contributed by atoms with Crippen LogP contribution in [0.15, 0.2) is 35.5 Å². The highest BCUT2D eigenvalue weighted by atomic mass is 16.5. The molecule has 2 heterocycles. The maximum atomic E-state index is 13.6. The number of hydrogen-bond acceptors (Lipinski definition) is 4. The van der Waals surface area contributed by atoms with E-state index in [4.69, 9.17) is 4.74 Å². The summed E-state index contributed by atoms with van der Waals surface area (Å²) in [5.74, 6) is 1.11. The summed E-state index contributed by atoms with van der Waals surface area (Å²) < 4.78 is 5.46. The molecule has 4 fully saturated rings. The van der Waals surface area contributed by atoms with E-state index in [1.54, 1.807) is 0 Å². The zero-order chi connectivity index (χ0) is 25.9. The number of hydrogen-bond donors (Lipinski definition) is 1. The molecule has 0 bridgehead atoms. The van der Waals surface area contributed by atoms with Crippen molar-refractivity contribution < 1.29 is 14.3 Å². The average Bonchev–Trinajstić information content (AvgIpc) is 3.29. The second kappa shape index (κ2) is 9.14. The summed E-state index contributed by atoms with van der Waals surface area (Å²) in [6, 6.07) is 8.01. The fourth-order valence-electron chi connectivity index (χ4n) is 9.25. The van der Waals surface area contributed by atoms with Crippen molar-refractivity contribution in [2.24, 2.45) is 34.5 Å². The molecule has 200 valence electrons. The summed E-state index contributed by atoms with van der Waals surface area (Å²) in [5.41, 5.74) is 4.81. The first kappa shape index (κ1) is 25.0. The number of likely N-dealkylation sites (tertiary alicyclic amines) is 1. The number of carbonyl (C=O) groups is 2. The molecule has 6 nitrogen and oxygen atoms in total. The minimum atomic E-state index is -0.652. The fourth-order valence-corrected chi connectivity index (χ4v) is 9.25. The lowest BCUT2D eigenvalue weighted by atomic mass is 9.48. The van der Waals surface area contributed by atoms with E-state index in [0.717, 1.165) is 50.0 Å². The monoisotopic (exact) mass is 505 g/mol. The number of anilines is 2. The summed E-state index contributed by atoms with van der Waals surface area (Å²) >= 11 is 0. The van der Waals surface area contributed by atoms with Crippen molar-refractivity contribution in [1.82, 2.24) is 4.90 Å². The maximum absolute atomic E-state index is 13.6. The summed E-state index contributed by atoms with van der Waals surface area (Å²) in [4.78, 5) is 31.3. The second-order valence-electron chi connectivity index (χ2n) is 13.0. The number of amides is 2. The topological polar surface area (TPSA) is 61.9 Å². The smallest absolute Gasteiger partial charge is 0.239 e. The van der Waals surface area contributed by atoms with Crippen LogP contribution in [-0.4, -0.2) is 50.1 Å². The number of nitrogens with zero attached hydrogens (tertiary/aromatic N) is 2. The predicted octanol–water partition coefficient (Wildman–Crippen LogP) is 5.46. The Bertz CT molecular complexity index is 1110. The predicted molar refractivity (Wildman–Crippen MR) is 146 cm³/mol. The van der Waals surface area contributed by atoms with Gasteiger partial charge in [0.25, 0.3) is 0 Å². The molecule has 37 heavy (non-hydrogen) atoms. The van der Waals surface area contributed by atoms with Gasteiger partial charge in [0.05, 0.1) is 13.2 Å². The van der Waals surface area contributed by atoms with Gasteiger partial charge in [-0.2, -0.15) is 0 Å². The Morgan fingerprint density at radius 3 is 2.51 bits per heavy atom. The van der Waals surface area contributed by atoms with Crippen LogP contribution in [0.5, 0.6) is 0 Å². The van der Waals surface area contributed by atoms with Gasteiger partial charge in [0.1, 0.15) is 5.92 Å². The van der Waals surface area contributed by atoms with E-state index in [1.165, 1.54) is 43.4 Å². The molecule has 2 saturated heterocycles. The zero-order valence-electron chi connectivity index (χ0n) is 23.0. The number of piperidine rings is 1. The van der Waals surface area contributed by atoms with E-state index in [1.807, 2.05) is 36.2 Å². The van der Waals surface area contributed by atoms with Crippen molar-refractivity contribution in [2.45, 2.75) is 65.7 Å².